The van der Waals surface area contributed by atoms with E-state index >= 15 is 0 Å². The van der Waals surface area contributed by atoms with Crippen LogP contribution in [0, 0.1) is 0 Å². The third kappa shape index (κ3) is 5.46. The Hall–Kier alpha value is -3.60. The minimum absolute atomic E-state index is 0.0399. The number of nitrogens with one attached hydrogen (secondary N) is 1. The topological polar surface area (TPSA) is 94.2 Å². The number of rotatable bonds is 4. The molecule has 0 aromatic heterocycles. The fraction of sp³-hybridized carbons (Fsp3) is 0.400. The second-order valence-electron chi connectivity index (χ2n) is 8.69. The lowest BCUT2D eigenvalue weighted by Gasteiger charge is -2.42. The summed E-state index contributed by atoms with van der Waals surface area (Å²) in [5.41, 5.74) is -0.289. The number of hydrogen-bond acceptors (Lipinski definition) is 6. The van der Waals surface area contributed by atoms with Crippen molar-refractivity contribution in [3.05, 3.63) is 59.2 Å². The Bertz CT molecular complexity index is 1150. The molecule has 192 valence electrons. The predicted octanol–water partition coefficient (Wildman–Crippen LogP) is 3.90. The smallest absolute Gasteiger partial charge is 0.416 e. The molecule has 2 aliphatic rings. The van der Waals surface area contributed by atoms with E-state index in [1.807, 2.05) is 0 Å². The molecule has 1 saturated heterocycles. The Labute approximate surface area is 205 Å². The van der Waals surface area contributed by atoms with Crippen molar-refractivity contribution < 1.29 is 41.8 Å². The van der Waals surface area contributed by atoms with Crippen LogP contribution in [0.3, 0.4) is 0 Å². The lowest BCUT2D eigenvalue weighted by Crippen LogP contribution is -2.53. The first kappa shape index (κ1) is 25.5. The van der Waals surface area contributed by atoms with E-state index in [4.69, 9.17) is 14.2 Å². The molecule has 0 saturated carbocycles. The van der Waals surface area contributed by atoms with Gasteiger partial charge in [-0.3, -0.25) is 14.4 Å². The number of alkyl halides is 3. The maximum atomic E-state index is 13.3. The first-order valence-corrected chi connectivity index (χ1v) is 11.3. The van der Waals surface area contributed by atoms with Crippen LogP contribution in [0.1, 0.15) is 45.5 Å². The zero-order valence-corrected chi connectivity index (χ0v) is 19.6. The number of carbonyl (C=O) groups excluding carboxylic acids is 3. The van der Waals surface area contributed by atoms with Crippen molar-refractivity contribution in [2.45, 2.75) is 43.7 Å². The van der Waals surface area contributed by atoms with Gasteiger partial charge in [-0.05, 0) is 55.3 Å². The molecule has 0 spiro atoms. The molecule has 0 bridgehead atoms. The number of benzene rings is 2. The Morgan fingerprint density at radius 2 is 1.86 bits per heavy atom. The summed E-state index contributed by atoms with van der Waals surface area (Å²) in [4.78, 5) is 39.0. The van der Waals surface area contributed by atoms with Gasteiger partial charge in [0.25, 0.3) is 11.8 Å². The molecule has 0 aliphatic carbocycles. The van der Waals surface area contributed by atoms with Gasteiger partial charge in [0.2, 0.25) is 0 Å². The molecule has 0 radical (unpaired) electrons. The van der Waals surface area contributed by atoms with Gasteiger partial charge in [-0.1, -0.05) is 0 Å². The van der Waals surface area contributed by atoms with Gasteiger partial charge in [0.05, 0.1) is 36.8 Å². The third-order valence-corrected chi connectivity index (χ3v) is 6.37. The highest BCUT2D eigenvalue weighted by molar-refractivity contribution is 6.05. The van der Waals surface area contributed by atoms with E-state index in [1.54, 1.807) is 18.0 Å². The van der Waals surface area contributed by atoms with E-state index in [0.717, 1.165) is 24.3 Å². The Morgan fingerprint density at radius 1 is 1.14 bits per heavy atom. The summed E-state index contributed by atoms with van der Waals surface area (Å²) >= 11 is 0. The van der Waals surface area contributed by atoms with Gasteiger partial charge >= 0.3 is 12.1 Å². The van der Waals surface area contributed by atoms with Crippen LogP contribution < -0.4 is 10.1 Å². The van der Waals surface area contributed by atoms with Crippen LogP contribution in [0.2, 0.25) is 0 Å². The molecule has 2 heterocycles. The fourth-order valence-corrected chi connectivity index (χ4v) is 4.39. The van der Waals surface area contributed by atoms with Gasteiger partial charge in [-0.15, -0.1) is 0 Å². The summed E-state index contributed by atoms with van der Waals surface area (Å²) in [6.45, 7) is 0.157. The van der Waals surface area contributed by atoms with Crippen LogP contribution in [0.25, 0.3) is 0 Å². The number of amides is 2. The summed E-state index contributed by atoms with van der Waals surface area (Å²) in [7, 11) is 2.98. The van der Waals surface area contributed by atoms with Crippen molar-refractivity contribution in [2.24, 2.45) is 0 Å². The maximum Gasteiger partial charge on any atom is 0.416 e. The molecule has 2 aromatic carbocycles. The number of hydrogen-bond donors (Lipinski definition) is 1. The minimum Gasteiger partial charge on any atom is -0.490 e. The highest BCUT2D eigenvalue weighted by Crippen LogP contribution is 2.33. The molecular weight excluding hydrogens is 481 g/mol. The summed E-state index contributed by atoms with van der Waals surface area (Å²) in [5, 5.41) is 2.61. The van der Waals surface area contributed by atoms with Gasteiger partial charge in [-0.2, -0.15) is 13.2 Å². The highest BCUT2D eigenvalue weighted by atomic mass is 19.4. The van der Waals surface area contributed by atoms with E-state index in [0.29, 0.717) is 24.3 Å². The van der Waals surface area contributed by atoms with Crippen molar-refractivity contribution >= 4 is 23.5 Å². The predicted molar refractivity (Wildman–Crippen MR) is 122 cm³/mol. The summed E-state index contributed by atoms with van der Waals surface area (Å²) in [6, 6.07) is 8.12. The van der Waals surface area contributed by atoms with Crippen molar-refractivity contribution in [2.75, 3.05) is 26.1 Å². The number of ether oxygens (including phenoxy) is 3. The molecule has 11 heteroatoms. The van der Waals surface area contributed by atoms with Gasteiger partial charge < -0.3 is 24.4 Å². The Morgan fingerprint density at radius 3 is 2.53 bits per heavy atom. The van der Waals surface area contributed by atoms with Crippen molar-refractivity contribution in [3.63, 3.8) is 0 Å². The van der Waals surface area contributed by atoms with Gasteiger partial charge in [0.1, 0.15) is 18.5 Å². The number of anilines is 1. The number of methoxy groups -OCH3 is 1. The third-order valence-electron chi connectivity index (χ3n) is 6.37. The van der Waals surface area contributed by atoms with E-state index < -0.39 is 23.8 Å². The summed E-state index contributed by atoms with van der Waals surface area (Å²) in [6.07, 6.45) is -3.96. The van der Waals surface area contributed by atoms with E-state index in [9.17, 15) is 27.6 Å². The SMILES string of the molecule is COC(=O)C[C@H]1CC[C@@H]2[C@@H](COc3ccc(NC(=O)c4ccc(C(F)(F)F)cc4)cc3C(=O)N2C)O1. The summed E-state index contributed by atoms with van der Waals surface area (Å²) < 4.78 is 54.9. The van der Waals surface area contributed by atoms with E-state index in [-0.39, 0.29) is 48.2 Å². The van der Waals surface area contributed by atoms with Gasteiger partial charge in [0, 0.05) is 18.3 Å². The van der Waals surface area contributed by atoms with E-state index in [2.05, 4.69) is 5.32 Å². The van der Waals surface area contributed by atoms with Crippen molar-refractivity contribution in [3.8, 4) is 5.75 Å². The molecule has 1 N–H and O–H groups in total. The second-order valence-corrected chi connectivity index (χ2v) is 8.69. The van der Waals surface area contributed by atoms with Crippen molar-refractivity contribution in [1.82, 2.24) is 4.90 Å². The average Bonchev–Trinajstić information content (AvgIpc) is 2.86. The molecule has 3 atom stereocenters. The molecule has 36 heavy (non-hydrogen) atoms. The van der Waals surface area contributed by atoms with Crippen LogP contribution in [-0.4, -0.2) is 61.7 Å². The molecular formula is C25H25F3N2O6. The molecule has 4 rings (SSSR count). The van der Waals surface area contributed by atoms with Crippen LogP contribution >= 0.6 is 0 Å². The fourth-order valence-electron chi connectivity index (χ4n) is 4.39. The number of esters is 1. The maximum absolute atomic E-state index is 13.3. The zero-order chi connectivity index (χ0) is 26.0. The molecule has 2 amide bonds. The highest BCUT2D eigenvalue weighted by Gasteiger charge is 2.39. The minimum atomic E-state index is -4.50. The molecule has 2 aromatic rings. The summed E-state index contributed by atoms with van der Waals surface area (Å²) in [5.74, 6) is -1.02. The lowest BCUT2D eigenvalue weighted by atomic mass is 9.94. The number of halogens is 3. The van der Waals surface area contributed by atoms with E-state index in [1.165, 1.54) is 19.2 Å². The molecule has 2 aliphatic heterocycles. The monoisotopic (exact) mass is 506 g/mol. The Kier molecular flexibility index (Phi) is 7.21. The van der Waals surface area contributed by atoms with Crippen molar-refractivity contribution in [1.29, 1.82) is 0 Å². The number of carbonyl (C=O) groups is 3. The standard InChI is InChI=1S/C25H25F3N2O6/c1-30-19-9-8-17(12-22(31)34-2)36-21(19)13-35-20-10-7-16(11-18(20)24(30)33)29-23(32)14-3-5-15(6-4-14)25(26,27)28/h3-7,10-11,17,19,21H,8-9,12-13H2,1-2H3,(H,29,32)/t17-,19-,21-/m1/s1. The first-order chi connectivity index (χ1) is 17.1. The van der Waals surface area contributed by atoms with Crippen LogP contribution in [0.15, 0.2) is 42.5 Å². The first-order valence-electron chi connectivity index (χ1n) is 11.3. The normalized spacial score (nSPS) is 21.9. The number of likely N-dealkylation sites (N-methyl/N-ethyl adjacent to an activating group) is 1. The molecule has 0 unspecified atom stereocenters. The van der Waals surface area contributed by atoms with Crippen LogP contribution in [0.4, 0.5) is 18.9 Å². The quantitative estimate of drug-likeness (QED) is 0.633. The molecule has 8 nitrogen and oxygen atoms in total. The molecule has 1 fully saturated rings. The lowest BCUT2D eigenvalue weighted by molar-refractivity contribution is -0.151. The van der Waals surface area contributed by atoms with Gasteiger partial charge in [-0.25, -0.2) is 0 Å². The average molecular weight is 506 g/mol. The zero-order valence-electron chi connectivity index (χ0n) is 19.6. The van der Waals surface area contributed by atoms with Crippen LogP contribution in [0.5, 0.6) is 5.75 Å². The largest absolute Gasteiger partial charge is 0.490 e. The second kappa shape index (κ2) is 10.2. The van der Waals surface area contributed by atoms with Gasteiger partial charge in [0.15, 0.2) is 0 Å². The number of fused-ring (bicyclic) bond motifs is 2. The Balaban J connectivity index is 1.49. The number of nitrogens with zero attached hydrogens (tertiary/aromatic N) is 1. The van der Waals surface area contributed by atoms with Crippen LogP contribution in [-0.2, 0) is 20.4 Å².